The fourth-order valence-electron chi connectivity index (χ4n) is 3.38. The van der Waals surface area contributed by atoms with Crippen LogP contribution >= 0.6 is 0 Å². The number of rotatable bonds is 10. The first-order valence-corrected chi connectivity index (χ1v) is 9.66. The minimum Gasteiger partial charge on any atom is -0.370 e. The molecule has 0 radical (unpaired) electrons. The largest absolute Gasteiger partial charge is 0.370 e. The number of hydrogen-bond acceptors (Lipinski definition) is 5. The molecule has 0 spiro atoms. The number of nitrogens with one attached hydrogen (secondary N) is 1. The second-order valence-corrected chi connectivity index (χ2v) is 7.21. The predicted octanol–water partition coefficient (Wildman–Crippen LogP) is -0.379. The standard InChI is InChI=1S/C18H34N6O3/c1-12(19)16(26)23-13(2)17(27)24(14-7-4-3-5-8-14)15(11-25)9-6-10-22-18(20)21/h11-15H,3-10,19H2,1-2H3,(H,23,26)(H4,20,21,22)/t12-,13-,15-/m0/s1. The van der Waals surface area contributed by atoms with Crippen molar-refractivity contribution in [1.82, 2.24) is 10.2 Å². The van der Waals surface area contributed by atoms with Gasteiger partial charge in [-0.3, -0.25) is 14.6 Å². The van der Waals surface area contributed by atoms with E-state index >= 15 is 0 Å². The summed E-state index contributed by atoms with van der Waals surface area (Å²) in [6.45, 7) is 3.58. The molecule has 0 heterocycles. The van der Waals surface area contributed by atoms with Gasteiger partial charge in [0.15, 0.2) is 5.96 Å². The topological polar surface area (TPSA) is 157 Å². The average Bonchev–Trinajstić information content (AvgIpc) is 2.64. The van der Waals surface area contributed by atoms with Crippen molar-refractivity contribution in [3.63, 3.8) is 0 Å². The van der Waals surface area contributed by atoms with E-state index in [1.807, 2.05) is 0 Å². The number of carbonyl (C=O) groups is 3. The Labute approximate surface area is 161 Å². The lowest BCUT2D eigenvalue weighted by atomic mass is 9.92. The number of guanidine groups is 1. The maximum atomic E-state index is 13.1. The Kier molecular flexibility index (Phi) is 9.77. The van der Waals surface area contributed by atoms with E-state index in [0.29, 0.717) is 19.4 Å². The highest BCUT2D eigenvalue weighted by atomic mass is 16.2. The molecular formula is C18H34N6O3. The summed E-state index contributed by atoms with van der Waals surface area (Å²) in [6.07, 6.45) is 6.75. The maximum Gasteiger partial charge on any atom is 0.245 e. The van der Waals surface area contributed by atoms with E-state index in [1.54, 1.807) is 18.7 Å². The molecule has 9 nitrogen and oxygen atoms in total. The normalized spacial score (nSPS) is 18.0. The predicted molar refractivity (Wildman–Crippen MR) is 105 cm³/mol. The molecule has 0 bridgehead atoms. The van der Waals surface area contributed by atoms with E-state index in [2.05, 4.69) is 10.3 Å². The zero-order valence-electron chi connectivity index (χ0n) is 16.4. The molecule has 1 aliphatic carbocycles. The molecule has 1 saturated carbocycles. The first kappa shape index (κ1) is 22.9. The highest BCUT2D eigenvalue weighted by Crippen LogP contribution is 2.26. The Morgan fingerprint density at radius 1 is 1.22 bits per heavy atom. The van der Waals surface area contributed by atoms with Gasteiger partial charge in [0.25, 0.3) is 0 Å². The van der Waals surface area contributed by atoms with Crippen molar-refractivity contribution in [2.24, 2.45) is 22.2 Å². The first-order chi connectivity index (χ1) is 12.8. The van der Waals surface area contributed by atoms with E-state index in [0.717, 1.165) is 38.4 Å². The van der Waals surface area contributed by atoms with Gasteiger partial charge in [0.2, 0.25) is 11.8 Å². The summed E-state index contributed by atoms with van der Waals surface area (Å²) in [5.74, 6) is -0.644. The molecule has 9 heteroatoms. The van der Waals surface area contributed by atoms with Crippen LogP contribution < -0.4 is 22.5 Å². The minimum absolute atomic E-state index is 0.000758. The van der Waals surface area contributed by atoms with Gasteiger partial charge in [-0.05, 0) is 39.5 Å². The van der Waals surface area contributed by atoms with Gasteiger partial charge in [0.1, 0.15) is 12.3 Å². The highest BCUT2D eigenvalue weighted by Gasteiger charge is 2.34. The van der Waals surface area contributed by atoms with E-state index in [1.165, 1.54) is 0 Å². The molecule has 0 aromatic heterocycles. The molecule has 0 aromatic carbocycles. The van der Waals surface area contributed by atoms with E-state index in [4.69, 9.17) is 17.2 Å². The summed E-state index contributed by atoms with van der Waals surface area (Å²) >= 11 is 0. The van der Waals surface area contributed by atoms with Crippen LogP contribution in [0.4, 0.5) is 0 Å². The zero-order chi connectivity index (χ0) is 20.4. The Morgan fingerprint density at radius 2 is 1.85 bits per heavy atom. The van der Waals surface area contributed by atoms with Crippen molar-refractivity contribution in [3.8, 4) is 0 Å². The second kappa shape index (κ2) is 11.5. The molecular weight excluding hydrogens is 348 g/mol. The van der Waals surface area contributed by atoms with Crippen LogP contribution in [0.25, 0.3) is 0 Å². The lowest BCUT2D eigenvalue weighted by Crippen LogP contribution is -2.56. The number of nitrogens with zero attached hydrogens (tertiary/aromatic N) is 2. The lowest BCUT2D eigenvalue weighted by molar-refractivity contribution is -0.143. The third-order valence-corrected chi connectivity index (χ3v) is 4.83. The third kappa shape index (κ3) is 7.54. The van der Waals surface area contributed by atoms with Gasteiger partial charge in [-0.1, -0.05) is 19.3 Å². The Morgan fingerprint density at radius 3 is 2.37 bits per heavy atom. The number of amides is 2. The molecule has 27 heavy (non-hydrogen) atoms. The fourth-order valence-corrected chi connectivity index (χ4v) is 3.38. The van der Waals surface area contributed by atoms with Gasteiger partial charge >= 0.3 is 0 Å². The molecule has 1 aliphatic rings. The Bertz CT molecular complexity index is 527. The van der Waals surface area contributed by atoms with E-state index in [9.17, 15) is 14.4 Å². The molecule has 1 fully saturated rings. The molecule has 154 valence electrons. The lowest BCUT2D eigenvalue weighted by Gasteiger charge is -2.39. The van der Waals surface area contributed by atoms with Gasteiger partial charge in [-0.25, -0.2) is 0 Å². The Hall–Kier alpha value is -2.16. The van der Waals surface area contributed by atoms with Crippen LogP contribution in [0.15, 0.2) is 4.99 Å². The second-order valence-electron chi connectivity index (χ2n) is 7.21. The molecule has 0 unspecified atom stereocenters. The monoisotopic (exact) mass is 382 g/mol. The number of carbonyl (C=O) groups excluding carboxylic acids is 3. The Balaban J connectivity index is 2.89. The van der Waals surface area contributed by atoms with E-state index in [-0.39, 0.29) is 17.9 Å². The number of aliphatic imine (C=N–C) groups is 1. The SMILES string of the molecule is C[C@H](N)C(=O)N[C@@H](C)C(=O)N(C1CCCCC1)[C@H](C=O)CCCN=C(N)N. The summed E-state index contributed by atoms with van der Waals surface area (Å²) in [5.41, 5.74) is 16.2. The van der Waals surface area contributed by atoms with Crippen molar-refractivity contribution >= 4 is 24.1 Å². The van der Waals surface area contributed by atoms with Gasteiger partial charge in [-0.2, -0.15) is 0 Å². The first-order valence-electron chi connectivity index (χ1n) is 9.66. The van der Waals surface area contributed by atoms with Crippen molar-refractivity contribution in [1.29, 1.82) is 0 Å². The molecule has 3 atom stereocenters. The molecule has 1 rings (SSSR count). The summed E-state index contributed by atoms with van der Waals surface area (Å²) in [4.78, 5) is 42.3. The van der Waals surface area contributed by atoms with Gasteiger partial charge in [0, 0.05) is 12.6 Å². The summed E-state index contributed by atoms with van der Waals surface area (Å²) in [6, 6.07) is -2.01. The van der Waals surface area contributed by atoms with Gasteiger partial charge < -0.3 is 32.2 Å². The quantitative estimate of drug-likeness (QED) is 0.175. The van der Waals surface area contributed by atoms with Gasteiger partial charge in [-0.15, -0.1) is 0 Å². The molecule has 0 aromatic rings. The number of nitrogens with two attached hydrogens (primary N) is 3. The highest BCUT2D eigenvalue weighted by molar-refractivity contribution is 5.90. The molecule has 2 amide bonds. The van der Waals surface area contributed by atoms with Crippen LogP contribution in [-0.4, -0.2) is 59.7 Å². The number of hydrogen-bond donors (Lipinski definition) is 4. The van der Waals surface area contributed by atoms with Crippen LogP contribution in [-0.2, 0) is 14.4 Å². The average molecular weight is 383 g/mol. The fraction of sp³-hybridized carbons (Fsp3) is 0.778. The van der Waals surface area contributed by atoms with Crippen molar-refractivity contribution < 1.29 is 14.4 Å². The summed E-state index contributed by atoms with van der Waals surface area (Å²) < 4.78 is 0. The third-order valence-electron chi connectivity index (χ3n) is 4.83. The number of aldehydes is 1. The van der Waals surface area contributed by atoms with Crippen LogP contribution in [0.2, 0.25) is 0 Å². The minimum atomic E-state index is -0.745. The van der Waals surface area contributed by atoms with Crippen LogP contribution in [0.5, 0.6) is 0 Å². The van der Waals surface area contributed by atoms with Crippen molar-refractivity contribution in [2.75, 3.05) is 6.54 Å². The van der Waals surface area contributed by atoms with Crippen LogP contribution in [0.1, 0.15) is 58.8 Å². The summed E-state index contributed by atoms with van der Waals surface area (Å²) in [5, 5.41) is 2.63. The molecule has 7 N–H and O–H groups in total. The van der Waals surface area contributed by atoms with Gasteiger partial charge in [0.05, 0.1) is 12.1 Å². The zero-order valence-corrected chi connectivity index (χ0v) is 16.4. The van der Waals surface area contributed by atoms with Crippen LogP contribution in [0, 0.1) is 0 Å². The summed E-state index contributed by atoms with van der Waals surface area (Å²) in [7, 11) is 0. The van der Waals surface area contributed by atoms with Crippen molar-refractivity contribution in [2.45, 2.75) is 83.0 Å². The van der Waals surface area contributed by atoms with E-state index < -0.39 is 24.0 Å². The smallest absolute Gasteiger partial charge is 0.245 e. The van der Waals surface area contributed by atoms with Crippen molar-refractivity contribution in [3.05, 3.63) is 0 Å². The van der Waals surface area contributed by atoms with Crippen LogP contribution in [0.3, 0.4) is 0 Å². The molecule has 0 saturated heterocycles. The maximum absolute atomic E-state index is 13.1. The molecule has 0 aliphatic heterocycles.